The molecule has 0 saturated carbocycles. The molecule has 1 fully saturated rings. The highest BCUT2D eigenvalue weighted by molar-refractivity contribution is 5.97. The third-order valence-corrected chi connectivity index (χ3v) is 3.92. The number of aryl methyl sites for hydroxylation is 2. The summed E-state index contributed by atoms with van der Waals surface area (Å²) in [5.74, 6) is -1.02. The fraction of sp³-hybridized carbons (Fsp3) is 0.500. The number of anilines is 1. The van der Waals surface area contributed by atoms with Crippen LogP contribution in [0, 0.1) is 19.3 Å². The van der Waals surface area contributed by atoms with Crippen molar-refractivity contribution in [1.29, 1.82) is 0 Å². The molecule has 1 aliphatic heterocycles. The third kappa shape index (κ3) is 2.70. The van der Waals surface area contributed by atoms with Crippen LogP contribution in [0.3, 0.4) is 0 Å². The first kappa shape index (κ1) is 15.6. The number of phenols is 1. The summed E-state index contributed by atoms with van der Waals surface area (Å²) in [4.78, 5) is 12.2. The Hall–Kier alpha value is -1.76. The molecule has 1 atom stereocenters. The average Bonchev–Trinajstić information content (AvgIpc) is 2.85. The number of alkyl halides is 3. The maximum absolute atomic E-state index is 13.3. The highest BCUT2D eigenvalue weighted by Gasteiger charge is 2.61. The van der Waals surface area contributed by atoms with Gasteiger partial charge < -0.3 is 15.7 Å². The maximum Gasteiger partial charge on any atom is 0.404 e. The molecular weight excluding hydrogens is 285 g/mol. The number of benzene rings is 1. The van der Waals surface area contributed by atoms with E-state index in [9.17, 15) is 23.1 Å². The number of rotatable bonds is 2. The zero-order valence-electron chi connectivity index (χ0n) is 11.8. The van der Waals surface area contributed by atoms with Gasteiger partial charge in [0.2, 0.25) is 5.91 Å². The molecule has 21 heavy (non-hydrogen) atoms. The van der Waals surface area contributed by atoms with Crippen molar-refractivity contribution in [1.82, 2.24) is 5.32 Å². The van der Waals surface area contributed by atoms with Crippen LogP contribution >= 0.6 is 0 Å². The quantitative estimate of drug-likeness (QED) is 0.736. The predicted octanol–water partition coefficient (Wildman–Crippen LogP) is 2.49. The molecule has 1 heterocycles. The van der Waals surface area contributed by atoms with Crippen molar-refractivity contribution >= 4 is 11.6 Å². The normalized spacial score (nSPS) is 22.3. The van der Waals surface area contributed by atoms with Crippen molar-refractivity contribution in [2.24, 2.45) is 5.41 Å². The number of phenolic OH excluding ortho intramolecular Hbond substituents is 1. The fourth-order valence-corrected chi connectivity index (χ4v) is 2.43. The van der Waals surface area contributed by atoms with Gasteiger partial charge in [0, 0.05) is 12.2 Å². The van der Waals surface area contributed by atoms with Crippen LogP contribution in [0.4, 0.5) is 18.9 Å². The van der Waals surface area contributed by atoms with E-state index in [0.29, 0.717) is 11.1 Å². The first-order valence-corrected chi connectivity index (χ1v) is 6.56. The van der Waals surface area contributed by atoms with Crippen LogP contribution in [0.1, 0.15) is 17.5 Å². The minimum Gasteiger partial charge on any atom is -0.508 e. The molecule has 1 saturated heterocycles. The highest BCUT2D eigenvalue weighted by atomic mass is 19.4. The molecule has 0 aliphatic carbocycles. The predicted molar refractivity (Wildman–Crippen MR) is 72.2 cm³/mol. The Bertz CT molecular complexity index is 564. The standard InChI is InChI=1S/C14H17F3N2O2/c1-8-6-11(20)9(2)5-10(8)19-12(21)13(14(15,16)17)3-4-18-7-13/h5-6,18,20H,3-4,7H2,1-2H3,(H,19,21). The van der Waals surface area contributed by atoms with Gasteiger partial charge in [-0.05, 0) is 50.1 Å². The van der Waals surface area contributed by atoms with Crippen LogP contribution in [-0.4, -0.2) is 30.3 Å². The topological polar surface area (TPSA) is 61.4 Å². The lowest BCUT2D eigenvalue weighted by atomic mass is 9.85. The van der Waals surface area contributed by atoms with E-state index >= 15 is 0 Å². The number of halogens is 3. The van der Waals surface area contributed by atoms with Gasteiger partial charge in [0.15, 0.2) is 5.41 Å². The summed E-state index contributed by atoms with van der Waals surface area (Å²) < 4.78 is 39.8. The van der Waals surface area contributed by atoms with Gasteiger partial charge in [0.25, 0.3) is 0 Å². The summed E-state index contributed by atoms with van der Waals surface area (Å²) >= 11 is 0. The minimum absolute atomic E-state index is 0.0403. The molecule has 116 valence electrons. The number of amides is 1. The number of carbonyl (C=O) groups excluding carboxylic acids is 1. The Morgan fingerprint density at radius 3 is 2.52 bits per heavy atom. The molecule has 0 radical (unpaired) electrons. The molecule has 0 bridgehead atoms. The Morgan fingerprint density at radius 2 is 2.00 bits per heavy atom. The van der Waals surface area contributed by atoms with Gasteiger partial charge in [-0.25, -0.2) is 0 Å². The SMILES string of the molecule is Cc1cc(NC(=O)C2(C(F)(F)F)CCNC2)c(C)cc1O. The summed E-state index contributed by atoms with van der Waals surface area (Å²) in [7, 11) is 0. The number of hydrogen-bond acceptors (Lipinski definition) is 3. The number of aromatic hydroxyl groups is 1. The van der Waals surface area contributed by atoms with Crippen molar-refractivity contribution in [3.05, 3.63) is 23.3 Å². The van der Waals surface area contributed by atoms with E-state index in [4.69, 9.17) is 0 Å². The lowest BCUT2D eigenvalue weighted by molar-refractivity contribution is -0.213. The zero-order valence-corrected chi connectivity index (χ0v) is 11.8. The molecule has 1 aliphatic rings. The molecular formula is C14H17F3N2O2. The summed E-state index contributed by atoms with van der Waals surface area (Å²) in [6, 6.07) is 2.88. The first-order chi connectivity index (χ1) is 9.67. The van der Waals surface area contributed by atoms with Gasteiger partial charge in [0.1, 0.15) is 5.75 Å². The summed E-state index contributed by atoms with van der Waals surface area (Å²) in [6.07, 6.45) is -4.89. The lowest BCUT2D eigenvalue weighted by Crippen LogP contribution is -2.49. The maximum atomic E-state index is 13.3. The van der Waals surface area contributed by atoms with E-state index in [2.05, 4.69) is 10.6 Å². The van der Waals surface area contributed by atoms with Crippen LogP contribution in [0.15, 0.2) is 12.1 Å². The van der Waals surface area contributed by atoms with Gasteiger partial charge in [0.05, 0.1) is 0 Å². The average molecular weight is 302 g/mol. The van der Waals surface area contributed by atoms with Crippen LogP contribution in [0.25, 0.3) is 0 Å². The second-order valence-electron chi connectivity index (χ2n) is 5.41. The van der Waals surface area contributed by atoms with E-state index in [0.717, 1.165) is 0 Å². The van der Waals surface area contributed by atoms with Crippen molar-refractivity contribution in [2.45, 2.75) is 26.4 Å². The Balaban J connectivity index is 2.31. The number of hydrogen-bond donors (Lipinski definition) is 3. The monoisotopic (exact) mass is 302 g/mol. The molecule has 0 spiro atoms. The van der Waals surface area contributed by atoms with E-state index in [-0.39, 0.29) is 24.4 Å². The van der Waals surface area contributed by atoms with Gasteiger partial charge in [-0.1, -0.05) is 0 Å². The molecule has 1 amide bonds. The van der Waals surface area contributed by atoms with Crippen LogP contribution < -0.4 is 10.6 Å². The van der Waals surface area contributed by atoms with E-state index < -0.39 is 24.0 Å². The van der Waals surface area contributed by atoms with Crippen molar-refractivity contribution in [3.63, 3.8) is 0 Å². The third-order valence-electron chi connectivity index (χ3n) is 3.92. The molecule has 1 aromatic carbocycles. The number of nitrogens with one attached hydrogen (secondary N) is 2. The fourth-order valence-electron chi connectivity index (χ4n) is 2.43. The minimum atomic E-state index is -4.61. The molecule has 1 aromatic rings. The van der Waals surface area contributed by atoms with Crippen LogP contribution in [-0.2, 0) is 4.79 Å². The summed E-state index contributed by atoms with van der Waals surface area (Å²) in [5.41, 5.74) is -1.12. The van der Waals surface area contributed by atoms with E-state index in [1.807, 2.05) is 0 Å². The largest absolute Gasteiger partial charge is 0.508 e. The van der Waals surface area contributed by atoms with Crippen molar-refractivity contribution in [3.8, 4) is 5.75 Å². The van der Waals surface area contributed by atoms with E-state index in [1.54, 1.807) is 13.8 Å². The summed E-state index contributed by atoms with van der Waals surface area (Å²) in [5, 5.41) is 14.5. The first-order valence-electron chi connectivity index (χ1n) is 6.56. The second-order valence-corrected chi connectivity index (χ2v) is 5.41. The second kappa shape index (κ2) is 5.22. The number of carbonyl (C=O) groups is 1. The molecule has 7 heteroatoms. The van der Waals surface area contributed by atoms with Crippen LogP contribution in [0.5, 0.6) is 5.75 Å². The zero-order chi connectivity index (χ0) is 15.8. The van der Waals surface area contributed by atoms with Gasteiger partial charge >= 0.3 is 6.18 Å². The highest BCUT2D eigenvalue weighted by Crippen LogP contribution is 2.44. The molecule has 2 rings (SSSR count). The Morgan fingerprint density at radius 1 is 1.33 bits per heavy atom. The van der Waals surface area contributed by atoms with E-state index in [1.165, 1.54) is 12.1 Å². The Kier molecular flexibility index (Phi) is 3.88. The van der Waals surface area contributed by atoms with Crippen molar-refractivity contribution < 1.29 is 23.1 Å². The Labute approximate surface area is 120 Å². The molecule has 4 nitrogen and oxygen atoms in total. The van der Waals surface area contributed by atoms with Crippen LogP contribution in [0.2, 0.25) is 0 Å². The van der Waals surface area contributed by atoms with Gasteiger partial charge in [-0.3, -0.25) is 4.79 Å². The summed E-state index contributed by atoms with van der Waals surface area (Å²) in [6.45, 7) is 2.96. The lowest BCUT2D eigenvalue weighted by Gasteiger charge is -2.29. The molecule has 3 N–H and O–H groups in total. The van der Waals surface area contributed by atoms with Gasteiger partial charge in [-0.15, -0.1) is 0 Å². The smallest absolute Gasteiger partial charge is 0.404 e. The van der Waals surface area contributed by atoms with Gasteiger partial charge in [-0.2, -0.15) is 13.2 Å². The van der Waals surface area contributed by atoms with Crippen molar-refractivity contribution in [2.75, 3.05) is 18.4 Å². The molecule has 1 unspecified atom stereocenters. The molecule has 0 aromatic heterocycles.